The third-order valence-electron chi connectivity index (χ3n) is 9.87. The lowest BCUT2D eigenvalue weighted by molar-refractivity contribution is 0.690. The zero-order valence-corrected chi connectivity index (χ0v) is 24.9. The zero-order valence-electron chi connectivity index (χ0n) is 24.1. The van der Waals surface area contributed by atoms with Crippen LogP contribution in [-0.4, -0.2) is 15.0 Å². The van der Waals surface area contributed by atoms with Gasteiger partial charge in [-0.3, -0.25) is 0 Å². The Morgan fingerprint density at radius 3 is 2.65 bits per heavy atom. The Hall–Kier alpha value is -4.02. The molecule has 2 heterocycles. The molecule has 7 aliphatic rings. The molecule has 210 valence electrons. The monoisotopic (exact) mass is 575 g/mol. The average molecular weight is 576 g/mol. The molecule has 1 aromatic heterocycles. The maximum absolute atomic E-state index is 5.30. The molecular weight excluding hydrogens is 543 g/mol. The quantitative estimate of drug-likeness (QED) is 0.374. The molecule has 0 fully saturated rings. The van der Waals surface area contributed by atoms with E-state index in [1.165, 1.54) is 48.1 Å². The summed E-state index contributed by atoms with van der Waals surface area (Å²) in [5, 5.41) is 2.77. The van der Waals surface area contributed by atoms with E-state index in [1.807, 2.05) is 11.8 Å². The van der Waals surface area contributed by atoms with Gasteiger partial charge in [0.1, 0.15) is 5.82 Å². The smallest absolute Gasteiger partial charge is 0.164 e. The summed E-state index contributed by atoms with van der Waals surface area (Å²) in [4.78, 5) is 18.7. The van der Waals surface area contributed by atoms with Crippen LogP contribution >= 0.6 is 11.8 Å². The van der Waals surface area contributed by atoms with Crippen molar-refractivity contribution >= 4 is 41.1 Å². The summed E-state index contributed by atoms with van der Waals surface area (Å²) in [7, 11) is 0. The highest BCUT2D eigenvalue weighted by Crippen LogP contribution is 2.54. The molecule has 1 aliphatic heterocycles. The fraction of sp³-hybridized carbons (Fsp3) is 0.256. The lowest BCUT2D eigenvalue weighted by Crippen LogP contribution is -2.33. The van der Waals surface area contributed by atoms with E-state index < -0.39 is 0 Å². The number of allylic oxidation sites excluding steroid dienone is 17. The van der Waals surface area contributed by atoms with Gasteiger partial charge in [-0.1, -0.05) is 115 Å². The van der Waals surface area contributed by atoms with Gasteiger partial charge < -0.3 is 0 Å². The summed E-state index contributed by atoms with van der Waals surface area (Å²) in [5.41, 5.74) is 6.66. The summed E-state index contributed by atoms with van der Waals surface area (Å²) in [5.74, 6) is 3.56. The van der Waals surface area contributed by atoms with Crippen LogP contribution in [0, 0.1) is 11.8 Å². The molecule has 4 heteroatoms. The van der Waals surface area contributed by atoms with Gasteiger partial charge in [0.15, 0.2) is 11.6 Å². The lowest BCUT2D eigenvalue weighted by Gasteiger charge is -2.32. The minimum atomic E-state index is 0.154. The Labute approximate surface area is 257 Å². The van der Waals surface area contributed by atoms with Gasteiger partial charge in [0, 0.05) is 39.7 Å². The van der Waals surface area contributed by atoms with Crippen molar-refractivity contribution in [3.63, 3.8) is 0 Å². The Morgan fingerprint density at radius 2 is 1.70 bits per heavy atom. The minimum Gasteiger partial charge on any atom is -0.213 e. The van der Waals surface area contributed by atoms with Crippen molar-refractivity contribution in [2.24, 2.45) is 11.8 Å². The summed E-state index contributed by atoms with van der Waals surface area (Å²) in [6.07, 6.45) is 40.9. The third-order valence-corrected chi connectivity index (χ3v) is 11.3. The van der Waals surface area contributed by atoms with Gasteiger partial charge in [0.25, 0.3) is 0 Å². The maximum Gasteiger partial charge on any atom is 0.164 e. The van der Waals surface area contributed by atoms with E-state index in [0.717, 1.165) is 56.0 Å². The van der Waals surface area contributed by atoms with E-state index in [-0.39, 0.29) is 17.8 Å². The summed E-state index contributed by atoms with van der Waals surface area (Å²) < 4.78 is 0. The molecule has 0 bridgehead atoms. The van der Waals surface area contributed by atoms with Crippen molar-refractivity contribution in [2.75, 3.05) is 0 Å². The number of hydrogen-bond donors (Lipinski definition) is 0. The van der Waals surface area contributed by atoms with Crippen LogP contribution in [0.25, 0.3) is 29.4 Å². The number of aromatic nitrogens is 3. The van der Waals surface area contributed by atoms with E-state index in [2.05, 4.69) is 103 Å². The largest absolute Gasteiger partial charge is 0.213 e. The van der Waals surface area contributed by atoms with Crippen LogP contribution in [0.5, 0.6) is 0 Å². The molecule has 1 aromatic carbocycles. The Balaban J connectivity index is 1.16. The van der Waals surface area contributed by atoms with Gasteiger partial charge in [0.2, 0.25) is 0 Å². The normalized spacial score (nSPS) is 27.6. The fourth-order valence-corrected chi connectivity index (χ4v) is 9.19. The van der Waals surface area contributed by atoms with Crippen LogP contribution in [0.15, 0.2) is 100 Å². The molecule has 0 spiro atoms. The standard InChI is InChI=1S/C39H33N3S/c1-2-11-25(12-3-1)37-40-38(42-39(41-37)34-18-9-16-32-31-14-6-7-19-35(31)43-36(32)34)33-17-8-15-27-29-21-20-24-10-4-5-13-26(24)28(29)22-23-30(27)33/h1-3,6,8-11,13-15,17-18,20-23,25,27,30,32H,4-5,7,12,16,19H2. The SMILES string of the molecule is C1=CCC(c2nc(C3=CC=CC4c5ccc6c(c5C=CC34)=CCCC=6)nc(C3=C4SC5=C(C=CCC5)C4CC=C3)n2)C=C1. The molecule has 3 nitrogen and oxygen atoms in total. The molecule has 9 rings (SSSR count). The number of rotatable bonds is 3. The first kappa shape index (κ1) is 25.5. The second-order valence-corrected chi connectivity index (χ2v) is 13.5. The lowest BCUT2D eigenvalue weighted by atomic mass is 9.72. The van der Waals surface area contributed by atoms with E-state index >= 15 is 0 Å². The highest BCUT2D eigenvalue weighted by molar-refractivity contribution is 8.07. The van der Waals surface area contributed by atoms with E-state index in [4.69, 9.17) is 15.0 Å². The zero-order chi connectivity index (χ0) is 28.3. The van der Waals surface area contributed by atoms with Crippen molar-refractivity contribution in [2.45, 2.75) is 50.4 Å². The Kier molecular flexibility index (Phi) is 6.11. The molecule has 0 saturated carbocycles. The van der Waals surface area contributed by atoms with Crippen molar-refractivity contribution in [3.05, 3.63) is 139 Å². The molecule has 4 unspecified atom stereocenters. The van der Waals surface area contributed by atoms with E-state index in [9.17, 15) is 0 Å². The summed E-state index contributed by atoms with van der Waals surface area (Å²) >= 11 is 1.97. The van der Waals surface area contributed by atoms with Crippen LogP contribution in [0.2, 0.25) is 0 Å². The first-order chi connectivity index (χ1) is 21.3. The second-order valence-electron chi connectivity index (χ2n) is 12.4. The van der Waals surface area contributed by atoms with Gasteiger partial charge in [-0.2, -0.15) is 0 Å². The Bertz CT molecular complexity index is 1980. The number of thioether (sulfide) groups is 1. The molecule has 4 atom stereocenters. The number of benzene rings is 1. The maximum atomic E-state index is 5.30. The predicted octanol–water partition coefficient (Wildman–Crippen LogP) is 7.84. The number of hydrogen-bond acceptors (Lipinski definition) is 4. The Morgan fingerprint density at radius 1 is 0.744 bits per heavy atom. The first-order valence-corrected chi connectivity index (χ1v) is 16.6. The van der Waals surface area contributed by atoms with Crippen LogP contribution in [-0.2, 0) is 0 Å². The molecular formula is C39H33N3S. The van der Waals surface area contributed by atoms with Crippen molar-refractivity contribution in [3.8, 4) is 0 Å². The molecule has 43 heavy (non-hydrogen) atoms. The van der Waals surface area contributed by atoms with Crippen molar-refractivity contribution in [1.29, 1.82) is 0 Å². The average Bonchev–Trinajstić information content (AvgIpc) is 3.47. The topological polar surface area (TPSA) is 38.7 Å². The van der Waals surface area contributed by atoms with E-state index in [1.54, 1.807) is 0 Å². The van der Waals surface area contributed by atoms with Crippen LogP contribution < -0.4 is 10.4 Å². The van der Waals surface area contributed by atoms with Gasteiger partial charge in [-0.25, -0.2) is 15.0 Å². The highest BCUT2D eigenvalue weighted by Gasteiger charge is 2.36. The third kappa shape index (κ3) is 4.22. The van der Waals surface area contributed by atoms with Gasteiger partial charge in [-0.05, 0) is 70.6 Å². The minimum absolute atomic E-state index is 0.154. The molecule has 0 radical (unpaired) electrons. The van der Waals surface area contributed by atoms with Gasteiger partial charge in [0.05, 0.1) is 0 Å². The summed E-state index contributed by atoms with van der Waals surface area (Å²) in [6.45, 7) is 0. The van der Waals surface area contributed by atoms with E-state index in [0.29, 0.717) is 5.92 Å². The summed E-state index contributed by atoms with van der Waals surface area (Å²) in [6, 6.07) is 4.66. The second kappa shape index (κ2) is 10.3. The fourth-order valence-electron chi connectivity index (χ4n) is 7.74. The van der Waals surface area contributed by atoms with Crippen LogP contribution in [0.3, 0.4) is 0 Å². The molecule has 0 N–H and O–H groups in total. The van der Waals surface area contributed by atoms with Crippen molar-refractivity contribution in [1.82, 2.24) is 15.0 Å². The molecule has 0 amide bonds. The van der Waals surface area contributed by atoms with Gasteiger partial charge in [-0.15, -0.1) is 0 Å². The predicted molar refractivity (Wildman–Crippen MR) is 179 cm³/mol. The molecule has 6 aliphatic carbocycles. The van der Waals surface area contributed by atoms with Gasteiger partial charge >= 0.3 is 0 Å². The molecule has 0 saturated heterocycles. The first-order valence-electron chi connectivity index (χ1n) is 15.8. The van der Waals surface area contributed by atoms with Crippen molar-refractivity contribution < 1.29 is 0 Å². The van der Waals surface area contributed by atoms with Crippen LogP contribution in [0.1, 0.15) is 79.0 Å². The number of nitrogens with zero attached hydrogens (tertiary/aromatic N) is 3. The van der Waals surface area contributed by atoms with Crippen LogP contribution in [0.4, 0.5) is 0 Å². The number of fused-ring (bicyclic) bond motifs is 7. The molecule has 2 aromatic rings. The highest BCUT2D eigenvalue weighted by atomic mass is 32.2.